The van der Waals surface area contributed by atoms with Crippen molar-refractivity contribution in [3.63, 3.8) is 0 Å². The fraction of sp³-hybridized carbons (Fsp3) is 0.222. The topological polar surface area (TPSA) is 64.9 Å². The highest BCUT2D eigenvalue weighted by Crippen LogP contribution is 2.27. The molecular formula is C18H18ClN3O. The molecule has 0 atom stereocenters. The highest BCUT2D eigenvalue weighted by atomic mass is 35.5. The molecule has 2 aromatic rings. The minimum atomic E-state index is -0.152. The number of halogens is 1. The Bertz CT molecular complexity index is 742. The summed E-state index contributed by atoms with van der Waals surface area (Å²) in [6, 6.07) is 12.9. The van der Waals surface area contributed by atoms with Crippen LogP contribution in [0, 0.1) is 25.2 Å². The molecule has 0 saturated carbocycles. The van der Waals surface area contributed by atoms with Crippen LogP contribution in [0.5, 0.6) is 0 Å². The van der Waals surface area contributed by atoms with Gasteiger partial charge in [-0.3, -0.25) is 4.79 Å². The lowest BCUT2D eigenvalue weighted by molar-refractivity contribution is -0.115. The Morgan fingerprint density at radius 3 is 2.70 bits per heavy atom. The number of anilines is 2. The molecule has 2 N–H and O–H groups in total. The third-order valence-corrected chi connectivity index (χ3v) is 3.71. The lowest BCUT2D eigenvalue weighted by Gasteiger charge is -2.13. The van der Waals surface area contributed by atoms with Gasteiger partial charge in [0.2, 0.25) is 5.91 Å². The molecule has 5 heteroatoms. The van der Waals surface area contributed by atoms with Crippen LogP contribution in [0.2, 0.25) is 5.02 Å². The number of rotatable bonds is 5. The maximum absolute atomic E-state index is 12.0. The quantitative estimate of drug-likeness (QED) is 0.862. The number of nitrogens with zero attached hydrogens (tertiary/aromatic N) is 1. The molecule has 0 heterocycles. The number of benzene rings is 2. The fourth-order valence-electron chi connectivity index (χ4n) is 2.34. The van der Waals surface area contributed by atoms with Crippen molar-refractivity contribution in [2.45, 2.75) is 20.3 Å². The first-order valence-corrected chi connectivity index (χ1v) is 7.68. The average molecular weight is 328 g/mol. The molecule has 2 aromatic carbocycles. The number of hydrogen-bond acceptors (Lipinski definition) is 3. The van der Waals surface area contributed by atoms with Gasteiger partial charge in [0, 0.05) is 13.0 Å². The van der Waals surface area contributed by atoms with E-state index in [1.807, 2.05) is 26.0 Å². The van der Waals surface area contributed by atoms with Crippen molar-refractivity contribution < 1.29 is 4.79 Å². The summed E-state index contributed by atoms with van der Waals surface area (Å²) in [6.45, 7) is 4.43. The first-order chi connectivity index (χ1) is 11.0. The Kier molecular flexibility index (Phi) is 5.61. The van der Waals surface area contributed by atoms with Gasteiger partial charge in [0.1, 0.15) is 6.07 Å². The number of hydrogen-bond donors (Lipinski definition) is 2. The van der Waals surface area contributed by atoms with Crippen molar-refractivity contribution in [1.82, 2.24) is 0 Å². The fourth-order valence-corrected chi connectivity index (χ4v) is 2.73. The van der Waals surface area contributed by atoms with E-state index in [9.17, 15) is 4.79 Å². The van der Waals surface area contributed by atoms with E-state index in [2.05, 4.69) is 16.7 Å². The van der Waals surface area contributed by atoms with Crippen LogP contribution >= 0.6 is 11.6 Å². The lowest BCUT2D eigenvalue weighted by Crippen LogP contribution is -2.17. The summed E-state index contributed by atoms with van der Waals surface area (Å²) < 4.78 is 0. The molecule has 0 saturated heterocycles. The van der Waals surface area contributed by atoms with Gasteiger partial charge in [-0.25, -0.2) is 0 Å². The van der Waals surface area contributed by atoms with Gasteiger partial charge in [0.15, 0.2) is 0 Å². The van der Waals surface area contributed by atoms with E-state index in [1.165, 1.54) is 0 Å². The smallest absolute Gasteiger partial charge is 0.226 e. The Labute approximate surface area is 141 Å². The van der Waals surface area contributed by atoms with E-state index in [0.29, 0.717) is 22.8 Å². The minimum Gasteiger partial charge on any atom is -0.383 e. The first kappa shape index (κ1) is 16.9. The summed E-state index contributed by atoms with van der Waals surface area (Å²) in [5.41, 5.74) is 3.98. The van der Waals surface area contributed by atoms with Gasteiger partial charge < -0.3 is 10.6 Å². The highest BCUT2D eigenvalue weighted by Gasteiger charge is 2.08. The number of para-hydroxylation sites is 1. The maximum Gasteiger partial charge on any atom is 0.226 e. The zero-order valence-electron chi connectivity index (χ0n) is 13.1. The molecule has 0 fully saturated rings. The average Bonchev–Trinajstić information content (AvgIpc) is 2.50. The van der Waals surface area contributed by atoms with Crippen molar-refractivity contribution in [3.8, 4) is 6.07 Å². The van der Waals surface area contributed by atoms with Crippen molar-refractivity contribution >= 4 is 28.9 Å². The molecule has 23 heavy (non-hydrogen) atoms. The number of carbonyl (C=O) groups excluding carboxylic acids is 1. The molecule has 0 unspecified atom stereocenters. The molecule has 4 nitrogen and oxygen atoms in total. The number of nitriles is 1. The van der Waals surface area contributed by atoms with E-state index in [-0.39, 0.29) is 12.3 Å². The number of aryl methyl sites for hydroxylation is 2. The summed E-state index contributed by atoms with van der Waals surface area (Å²) in [5, 5.41) is 15.6. The standard InChI is InChI=1S/C18H18ClN3O/c1-12-9-13(2)18(15(19)10-12)21-8-7-17(23)22-16-6-4-3-5-14(16)11-20/h3-6,9-10,21H,7-8H2,1-2H3,(H,22,23). The van der Waals surface area contributed by atoms with Gasteiger partial charge in [-0.2, -0.15) is 5.26 Å². The van der Waals surface area contributed by atoms with Gasteiger partial charge in [-0.15, -0.1) is 0 Å². The SMILES string of the molecule is Cc1cc(C)c(NCCC(=O)Nc2ccccc2C#N)c(Cl)c1. The van der Waals surface area contributed by atoms with Crippen molar-refractivity contribution in [1.29, 1.82) is 5.26 Å². The van der Waals surface area contributed by atoms with Crippen LogP contribution in [-0.2, 0) is 4.79 Å². The predicted molar refractivity (Wildman–Crippen MR) is 93.8 cm³/mol. The van der Waals surface area contributed by atoms with Gasteiger partial charge in [0.05, 0.1) is 22.0 Å². The molecule has 0 aromatic heterocycles. The Balaban J connectivity index is 1.92. The van der Waals surface area contributed by atoms with E-state index in [1.54, 1.807) is 24.3 Å². The zero-order valence-corrected chi connectivity index (χ0v) is 13.9. The molecule has 1 amide bonds. The minimum absolute atomic E-state index is 0.152. The van der Waals surface area contributed by atoms with Gasteiger partial charge in [0.25, 0.3) is 0 Å². The molecule has 118 valence electrons. The van der Waals surface area contributed by atoms with Crippen molar-refractivity contribution in [2.24, 2.45) is 0 Å². The van der Waals surface area contributed by atoms with Crippen LogP contribution in [0.1, 0.15) is 23.1 Å². The van der Waals surface area contributed by atoms with E-state index >= 15 is 0 Å². The van der Waals surface area contributed by atoms with Gasteiger partial charge >= 0.3 is 0 Å². The van der Waals surface area contributed by atoms with E-state index in [4.69, 9.17) is 16.9 Å². The highest BCUT2D eigenvalue weighted by molar-refractivity contribution is 6.33. The lowest BCUT2D eigenvalue weighted by atomic mass is 10.1. The summed E-state index contributed by atoms with van der Waals surface area (Å²) >= 11 is 6.22. The first-order valence-electron chi connectivity index (χ1n) is 7.31. The number of amides is 1. The monoisotopic (exact) mass is 327 g/mol. The molecule has 0 aliphatic carbocycles. The van der Waals surface area contributed by atoms with Crippen LogP contribution < -0.4 is 10.6 Å². The molecule has 2 rings (SSSR count). The number of carbonyl (C=O) groups is 1. The van der Waals surface area contributed by atoms with Crippen LogP contribution in [0.4, 0.5) is 11.4 Å². The normalized spacial score (nSPS) is 10.0. The molecule has 0 spiro atoms. The third-order valence-electron chi connectivity index (χ3n) is 3.41. The second-order valence-electron chi connectivity index (χ2n) is 5.32. The molecule has 0 radical (unpaired) electrons. The largest absolute Gasteiger partial charge is 0.383 e. The number of nitrogens with one attached hydrogen (secondary N) is 2. The second-order valence-corrected chi connectivity index (χ2v) is 5.73. The van der Waals surface area contributed by atoms with E-state index < -0.39 is 0 Å². The van der Waals surface area contributed by atoms with Gasteiger partial charge in [-0.1, -0.05) is 29.8 Å². The zero-order chi connectivity index (χ0) is 16.8. The van der Waals surface area contributed by atoms with Crippen LogP contribution in [0.15, 0.2) is 36.4 Å². The van der Waals surface area contributed by atoms with Crippen LogP contribution in [0.3, 0.4) is 0 Å². The summed E-state index contributed by atoms with van der Waals surface area (Å²) in [5.74, 6) is -0.152. The third kappa shape index (κ3) is 4.48. The molecule has 0 bridgehead atoms. The van der Waals surface area contributed by atoms with Crippen molar-refractivity contribution in [2.75, 3.05) is 17.2 Å². The molecule has 0 aliphatic rings. The van der Waals surface area contributed by atoms with Gasteiger partial charge in [-0.05, 0) is 43.2 Å². The van der Waals surface area contributed by atoms with Crippen molar-refractivity contribution in [3.05, 3.63) is 58.1 Å². The summed E-state index contributed by atoms with van der Waals surface area (Å²) in [7, 11) is 0. The summed E-state index contributed by atoms with van der Waals surface area (Å²) in [4.78, 5) is 12.0. The van der Waals surface area contributed by atoms with Crippen LogP contribution in [-0.4, -0.2) is 12.5 Å². The maximum atomic E-state index is 12.0. The molecule has 0 aliphatic heterocycles. The Morgan fingerprint density at radius 1 is 1.26 bits per heavy atom. The second kappa shape index (κ2) is 7.66. The Morgan fingerprint density at radius 2 is 2.00 bits per heavy atom. The van der Waals surface area contributed by atoms with E-state index in [0.717, 1.165) is 16.8 Å². The Hall–Kier alpha value is -2.51. The summed E-state index contributed by atoms with van der Waals surface area (Å²) in [6.07, 6.45) is 0.281. The van der Waals surface area contributed by atoms with Crippen LogP contribution in [0.25, 0.3) is 0 Å². The molecular weight excluding hydrogens is 310 g/mol. The predicted octanol–water partition coefficient (Wildman–Crippen LogP) is 4.27.